The Balaban J connectivity index is 1.74. The molecule has 0 unspecified atom stereocenters. The quantitative estimate of drug-likeness (QED) is 0.662. The number of nitrogens with zero attached hydrogens (tertiary/aromatic N) is 3. The second-order valence-corrected chi connectivity index (χ2v) is 5.85. The molecule has 0 fully saturated rings. The van der Waals surface area contributed by atoms with Crippen molar-refractivity contribution in [1.29, 1.82) is 0 Å². The summed E-state index contributed by atoms with van der Waals surface area (Å²) in [5.74, 6) is -2.23. The molecular formula is C16H13F2N3O2S. The number of rotatable bonds is 5. The lowest BCUT2D eigenvalue weighted by molar-refractivity contribution is 0.0526. The summed E-state index contributed by atoms with van der Waals surface area (Å²) in [6, 6.07) is 3.66. The van der Waals surface area contributed by atoms with Gasteiger partial charge in [0.05, 0.1) is 30.6 Å². The van der Waals surface area contributed by atoms with Crippen LogP contribution in [0.4, 0.5) is 8.78 Å². The SMILES string of the molecule is CCOC(=O)c1cnn(Cc2nc(-c3ccc(F)c(F)c3)cs2)c1. The zero-order valence-corrected chi connectivity index (χ0v) is 13.5. The second-order valence-electron chi connectivity index (χ2n) is 4.90. The molecule has 0 N–H and O–H groups in total. The molecule has 0 bridgehead atoms. The first kappa shape index (κ1) is 16.3. The van der Waals surface area contributed by atoms with Gasteiger partial charge in [0.15, 0.2) is 11.6 Å². The number of hydrogen-bond donors (Lipinski definition) is 0. The van der Waals surface area contributed by atoms with Crippen molar-refractivity contribution in [1.82, 2.24) is 14.8 Å². The molecule has 0 atom stereocenters. The van der Waals surface area contributed by atoms with Crippen molar-refractivity contribution in [3.8, 4) is 11.3 Å². The molecule has 0 amide bonds. The molecule has 3 aromatic rings. The molecule has 8 heteroatoms. The van der Waals surface area contributed by atoms with Crippen LogP contribution in [0, 0.1) is 11.6 Å². The zero-order chi connectivity index (χ0) is 17.1. The topological polar surface area (TPSA) is 57.0 Å². The monoisotopic (exact) mass is 349 g/mol. The van der Waals surface area contributed by atoms with E-state index in [1.54, 1.807) is 23.2 Å². The van der Waals surface area contributed by atoms with E-state index in [1.165, 1.54) is 23.6 Å². The molecule has 1 aromatic carbocycles. The van der Waals surface area contributed by atoms with Crippen LogP contribution < -0.4 is 0 Å². The largest absolute Gasteiger partial charge is 0.462 e. The summed E-state index contributed by atoms with van der Waals surface area (Å²) in [4.78, 5) is 16.0. The zero-order valence-electron chi connectivity index (χ0n) is 12.7. The van der Waals surface area contributed by atoms with Crippen molar-refractivity contribution in [3.63, 3.8) is 0 Å². The summed E-state index contributed by atoms with van der Waals surface area (Å²) < 4.78 is 32.8. The van der Waals surface area contributed by atoms with Gasteiger partial charge in [0.25, 0.3) is 0 Å². The first-order valence-corrected chi connectivity index (χ1v) is 8.04. The Morgan fingerprint density at radius 1 is 1.33 bits per heavy atom. The highest BCUT2D eigenvalue weighted by atomic mass is 32.1. The maximum Gasteiger partial charge on any atom is 0.341 e. The van der Waals surface area contributed by atoms with Crippen LogP contribution in [0.3, 0.4) is 0 Å². The first-order chi connectivity index (χ1) is 11.6. The minimum absolute atomic E-state index is 0.300. The number of thiazole rings is 1. The van der Waals surface area contributed by atoms with E-state index in [1.807, 2.05) is 0 Å². The molecule has 0 aliphatic carbocycles. The number of aromatic nitrogens is 3. The third-order valence-corrected chi connectivity index (χ3v) is 4.04. The van der Waals surface area contributed by atoms with Gasteiger partial charge < -0.3 is 4.74 Å². The summed E-state index contributed by atoms with van der Waals surface area (Å²) in [6.07, 6.45) is 3.01. The van der Waals surface area contributed by atoms with Gasteiger partial charge in [0.1, 0.15) is 5.01 Å². The molecule has 24 heavy (non-hydrogen) atoms. The van der Waals surface area contributed by atoms with Crippen LogP contribution in [0.15, 0.2) is 36.0 Å². The van der Waals surface area contributed by atoms with E-state index in [9.17, 15) is 13.6 Å². The Labute approximate surface area is 140 Å². The molecule has 0 aliphatic heterocycles. The van der Waals surface area contributed by atoms with Gasteiger partial charge in [0.2, 0.25) is 0 Å². The van der Waals surface area contributed by atoms with E-state index < -0.39 is 17.6 Å². The van der Waals surface area contributed by atoms with Crippen LogP contribution in [0.1, 0.15) is 22.3 Å². The molecule has 3 rings (SSSR count). The number of hydrogen-bond acceptors (Lipinski definition) is 5. The number of esters is 1. The maximum atomic E-state index is 13.3. The van der Waals surface area contributed by atoms with Gasteiger partial charge in [-0.15, -0.1) is 11.3 Å². The second kappa shape index (κ2) is 6.88. The van der Waals surface area contributed by atoms with Gasteiger partial charge in [-0.1, -0.05) is 0 Å². The molecule has 0 spiro atoms. The highest BCUT2D eigenvalue weighted by Crippen LogP contribution is 2.24. The summed E-state index contributed by atoms with van der Waals surface area (Å²) >= 11 is 1.37. The number of carbonyl (C=O) groups is 1. The van der Waals surface area contributed by atoms with Crippen LogP contribution >= 0.6 is 11.3 Å². The fourth-order valence-electron chi connectivity index (χ4n) is 2.08. The minimum atomic E-state index is -0.909. The molecule has 2 aromatic heterocycles. The minimum Gasteiger partial charge on any atom is -0.462 e. The van der Waals surface area contributed by atoms with E-state index in [-0.39, 0.29) is 0 Å². The number of halogens is 2. The normalized spacial score (nSPS) is 10.8. The fourth-order valence-corrected chi connectivity index (χ4v) is 2.87. The predicted molar refractivity (Wildman–Crippen MR) is 84.8 cm³/mol. The Bertz CT molecular complexity index is 876. The molecular weight excluding hydrogens is 336 g/mol. The molecule has 124 valence electrons. The van der Waals surface area contributed by atoms with Crippen molar-refractivity contribution in [3.05, 3.63) is 58.2 Å². The van der Waals surface area contributed by atoms with Crippen LogP contribution in [-0.4, -0.2) is 27.3 Å². The number of ether oxygens (including phenoxy) is 1. The first-order valence-electron chi connectivity index (χ1n) is 7.16. The average molecular weight is 349 g/mol. The molecule has 2 heterocycles. The van der Waals surface area contributed by atoms with Crippen LogP contribution in [0.25, 0.3) is 11.3 Å². The van der Waals surface area contributed by atoms with Crippen molar-refractivity contribution >= 4 is 17.3 Å². The summed E-state index contributed by atoms with van der Waals surface area (Å²) in [7, 11) is 0. The van der Waals surface area contributed by atoms with Gasteiger partial charge >= 0.3 is 5.97 Å². The molecule has 0 saturated carbocycles. The Morgan fingerprint density at radius 2 is 2.17 bits per heavy atom. The lowest BCUT2D eigenvalue weighted by atomic mass is 10.2. The van der Waals surface area contributed by atoms with Gasteiger partial charge in [-0.25, -0.2) is 18.6 Å². The van der Waals surface area contributed by atoms with Gasteiger partial charge in [-0.2, -0.15) is 5.10 Å². The summed E-state index contributed by atoms with van der Waals surface area (Å²) in [5, 5.41) is 6.59. The summed E-state index contributed by atoms with van der Waals surface area (Å²) in [6.45, 7) is 2.40. The Hall–Kier alpha value is -2.61. The highest BCUT2D eigenvalue weighted by Gasteiger charge is 2.12. The van der Waals surface area contributed by atoms with Gasteiger partial charge in [0, 0.05) is 17.1 Å². The van der Waals surface area contributed by atoms with Crippen molar-refractivity contribution in [2.75, 3.05) is 6.61 Å². The lowest BCUT2D eigenvalue weighted by Gasteiger charge is -1.99. The molecule has 0 saturated heterocycles. The van der Waals surface area contributed by atoms with Crippen molar-refractivity contribution in [2.24, 2.45) is 0 Å². The summed E-state index contributed by atoms with van der Waals surface area (Å²) in [5.41, 5.74) is 1.44. The molecule has 0 radical (unpaired) electrons. The predicted octanol–water partition coefficient (Wildman–Crippen LogP) is 3.51. The van der Waals surface area contributed by atoms with E-state index in [0.717, 1.165) is 17.1 Å². The van der Waals surface area contributed by atoms with Crippen LogP contribution in [0.2, 0.25) is 0 Å². The highest BCUT2D eigenvalue weighted by molar-refractivity contribution is 7.09. The van der Waals surface area contributed by atoms with E-state index >= 15 is 0 Å². The third kappa shape index (κ3) is 3.48. The third-order valence-electron chi connectivity index (χ3n) is 3.21. The van der Waals surface area contributed by atoms with Crippen molar-refractivity contribution in [2.45, 2.75) is 13.5 Å². The van der Waals surface area contributed by atoms with Crippen LogP contribution in [-0.2, 0) is 11.3 Å². The Morgan fingerprint density at radius 3 is 2.92 bits per heavy atom. The van der Waals surface area contributed by atoms with Crippen molar-refractivity contribution < 1.29 is 18.3 Å². The van der Waals surface area contributed by atoms with Gasteiger partial charge in [-0.05, 0) is 25.1 Å². The fraction of sp³-hybridized carbons (Fsp3) is 0.188. The van der Waals surface area contributed by atoms with E-state index in [4.69, 9.17) is 4.74 Å². The number of carbonyl (C=O) groups excluding carboxylic acids is 1. The molecule has 5 nitrogen and oxygen atoms in total. The van der Waals surface area contributed by atoms with Crippen LogP contribution in [0.5, 0.6) is 0 Å². The van der Waals surface area contributed by atoms with E-state index in [0.29, 0.717) is 30.0 Å². The lowest BCUT2D eigenvalue weighted by Crippen LogP contribution is -2.04. The Kier molecular flexibility index (Phi) is 4.66. The average Bonchev–Trinajstić information content (AvgIpc) is 3.20. The number of benzene rings is 1. The van der Waals surface area contributed by atoms with E-state index in [2.05, 4.69) is 10.1 Å². The molecule has 0 aliphatic rings. The standard InChI is InChI=1S/C16H13F2N3O2S/c1-2-23-16(22)11-6-19-21(7-11)8-15-20-14(9-24-15)10-3-4-12(17)13(18)5-10/h3-7,9H,2,8H2,1H3. The maximum absolute atomic E-state index is 13.3. The smallest absolute Gasteiger partial charge is 0.341 e. The van der Waals surface area contributed by atoms with Gasteiger partial charge in [-0.3, -0.25) is 4.68 Å².